The van der Waals surface area contributed by atoms with E-state index in [0.29, 0.717) is 29.1 Å². The predicted molar refractivity (Wildman–Crippen MR) is 96.5 cm³/mol. The Kier molecular flexibility index (Phi) is 4.52. The Bertz CT molecular complexity index is 746. The quantitative estimate of drug-likeness (QED) is 0.833. The molecule has 0 unspecified atom stereocenters. The molecular formula is C16H15Cl2N3S. The van der Waals surface area contributed by atoms with Crippen molar-refractivity contribution in [1.82, 2.24) is 0 Å². The molecule has 1 aliphatic heterocycles. The summed E-state index contributed by atoms with van der Waals surface area (Å²) < 4.78 is 0. The number of nitrogens with two attached hydrogens (primary N) is 1. The molecule has 2 aromatic rings. The molecule has 0 saturated heterocycles. The smallest absolute Gasteiger partial charge is 0.129 e. The zero-order valence-corrected chi connectivity index (χ0v) is 14.3. The van der Waals surface area contributed by atoms with E-state index in [-0.39, 0.29) is 0 Å². The van der Waals surface area contributed by atoms with E-state index in [2.05, 4.69) is 28.1 Å². The highest BCUT2D eigenvalue weighted by Gasteiger charge is 2.19. The van der Waals surface area contributed by atoms with Gasteiger partial charge in [-0.25, -0.2) is 4.99 Å². The number of halogens is 2. The van der Waals surface area contributed by atoms with Crippen LogP contribution < -0.4 is 10.6 Å². The van der Waals surface area contributed by atoms with Gasteiger partial charge in [0, 0.05) is 22.7 Å². The lowest BCUT2D eigenvalue weighted by Gasteiger charge is -2.29. The Morgan fingerprint density at radius 3 is 2.73 bits per heavy atom. The van der Waals surface area contributed by atoms with E-state index in [1.165, 1.54) is 4.90 Å². The lowest BCUT2D eigenvalue weighted by molar-refractivity contribution is 0.799. The summed E-state index contributed by atoms with van der Waals surface area (Å²) in [6.07, 6.45) is 2.05. The molecule has 6 heteroatoms. The van der Waals surface area contributed by atoms with Gasteiger partial charge in [-0.15, -0.1) is 11.8 Å². The van der Waals surface area contributed by atoms with Gasteiger partial charge >= 0.3 is 0 Å². The predicted octanol–water partition coefficient (Wildman–Crippen LogP) is 4.40. The second-order valence-electron chi connectivity index (χ2n) is 5.01. The van der Waals surface area contributed by atoms with Crippen LogP contribution in [-0.2, 0) is 6.54 Å². The maximum absolute atomic E-state index is 6.09. The number of anilines is 1. The molecule has 1 aliphatic rings. The highest BCUT2D eigenvalue weighted by molar-refractivity contribution is 7.98. The third-order valence-electron chi connectivity index (χ3n) is 3.59. The fourth-order valence-corrected chi connectivity index (χ4v) is 3.20. The van der Waals surface area contributed by atoms with Gasteiger partial charge in [-0.2, -0.15) is 0 Å². The first kappa shape index (κ1) is 15.5. The lowest BCUT2D eigenvalue weighted by Crippen LogP contribution is -2.32. The second kappa shape index (κ2) is 6.41. The number of rotatable bonds is 3. The molecule has 0 fully saturated rings. The molecule has 3 rings (SSSR count). The topological polar surface area (TPSA) is 41.6 Å². The zero-order chi connectivity index (χ0) is 15.7. The van der Waals surface area contributed by atoms with Gasteiger partial charge in [0.25, 0.3) is 0 Å². The molecule has 2 aromatic carbocycles. The Hall–Kier alpha value is -1.36. The van der Waals surface area contributed by atoms with E-state index in [0.717, 1.165) is 16.8 Å². The van der Waals surface area contributed by atoms with Crippen molar-refractivity contribution in [3.05, 3.63) is 57.6 Å². The molecule has 0 aliphatic carbocycles. The van der Waals surface area contributed by atoms with Crippen LogP contribution in [-0.4, -0.2) is 18.8 Å². The van der Waals surface area contributed by atoms with Gasteiger partial charge in [0.15, 0.2) is 0 Å². The van der Waals surface area contributed by atoms with Crippen molar-refractivity contribution in [3.63, 3.8) is 0 Å². The molecule has 0 amide bonds. The summed E-state index contributed by atoms with van der Waals surface area (Å²) in [6, 6.07) is 12.0. The number of aliphatic imine (C=N–C) groups is 1. The first-order valence-corrected chi connectivity index (χ1v) is 8.74. The summed E-state index contributed by atoms with van der Waals surface area (Å²) in [6.45, 7) is 1.25. The molecule has 0 saturated carbocycles. The van der Waals surface area contributed by atoms with Crippen molar-refractivity contribution < 1.29 is 0 Å². The summed E-state index contributed by atoms with van der Waals surface area (Å²) >= 11 is 13.8. The highest BCUT2D eigenvalue weighted by atomic mass is 35.5. The number of nitrogens with zero attached hydrogens (tertiary/aromatic N) is 2. The summed E-state index contributed by atoms with van der Waals surface area (Å²) in [5.74, 6) is 0.594. The SMILES string of the molecule is CSc1ccc2c(c1)C(N)=NCN2Cc1ccc(Cl)c(Cl)c1. The van der Waals surface area contributed by atoms with Gasteiger partial charge in [0.2, 0.25) is 0 Å². The van der Waals surface area contributed by atoms with Gasteiger partial charge in [-0.1, -0.05) is 29.3 Å². The fourth-order valence-electron chi connectivity index (χ4n) is 2.44. The minimum atomic E-state index is 0.539. The van der Waals surface area contributed by atoms with E-state index in [1.54, 1.807) is 11.8 Å². The zero-order valence-electron chi connectivity index (χ0n) is 12.0. The van der Waals surface area contributed by atoms with Crippen molar-refractivity contribution in [3.8, 4) is 0 Å². The van der Waals surface area contributed by atoms with Crippen molar-refractivity contribution >= 4 is 46.5 Å². The number of benzene rings is 2. The van der Waals surface area contributed by atoms with Gasteiger partial charge in [-0.05, 0) is 42.2 Å². The Labute approximate surface area is 144 Å². The number of hydrogen-bond donors (Lipinski definition) is 1. The molecular weight excluding hydrogens is 337 g/mol. The number of fused-ring (bicyclic) bond motifs is 1. The van der Waals surface area contributed by atoms with E-state index in [1.807, 2.05) is 24.5 Å². The molecule has 3 nitrogen and oxygen atoms in total. The summed E-state index contributed by atoms with van der Waals surface area (Å²) in [5, 5.41) is 1.13. The van der Waals surface area contributed by atoms with Crippen LogP contribution in [0.3, 0.4) is 0 Å². The van der Waals surface area contributed by atoms with Crippen LogP contribution in [0.15, 0.2) is 46.3 Å². The maximum atomic E-state index is 6.09. The Morgan fingerprint density at radius 1 is 1.18 bits per heavy atom. The molecule has 0 bridgehead atoms. The van der Waals surface area contributed by atoms with Crippen LogP contribution in [0.5, 0.6) is 0 Å². The van der Waals surface area contributed by atoms with Crippen LogP contribution in [0, 0.1) is 0 Å². The Balaban J connectivity index is 1.92. The first-order valence-electron chi connectivity index (χ1n) is 6.75. The van der Waals surface area contributed by atoms with E-state index >= 15 is 0 Å². The summed E-state index contributed by atoms with van der Waals surface area (Å²) in [5.41, 5.74) is 9.21. The third kappa shape index (κ3) is 3.05. The second-order valence-corrected chi connectivity index (χ2v) is 6.71. The van der Waals surface area contributed by atoms with E-state index in [9.17, 15) is 0 Å². The first-order chi connectivity index (χ1) is 10.6. The number of hydrogen-bond acceptors (Lipinski definition) is 4. The van der Waals surface area contributed by atoms with Crippen LogP contribution in [0.2, 0.25) is 10.0 Å². The number of amidine groups is 1. The molecule has 114 valence electrons. The summed E-state index contributed by atoms with van der Waals surface area (Å²) in [7, 11) is 0. The normalized spacial score (nSPS) is 13.8. The molecule has 0 radical (unpaired) electrons. The molecule has 0 spiro atoms. The van der Waals surface area contributed by atoms with Crippen molar-refractivity contribution in [2.75, 3.05) is 17.8 Å². The molecule has 0 atom stereocenters. The number of thioether (sulfide) groups is 1. The minimum absolute atomic E-state index is 0.539. The van der Waals surface area contributed by atoms with Gasteiger partial charge < -0.3 is 10.6 Å². The average molecular weight is 352 g/mol. The van der Waals surface area contributed by atoms with E-state index in [4.69, 9.17) is 28.9 Å². The largest absolute Gasteiger partial charge is 0.383 e. The Morgan fingerprint density at radius 2 is 2.00 bits per heavy atom. The third-order valence-corrected chi connectivity index (χ3v) is 5.05. The monoisotopic (exact) mass is 351 g/mol. The fraction of sp³-hybridized carbons (Fsp3) is 0.188. The van der Waals surface area contributed by atoms with Crippen LogP contribution in [0.4, 0.5) is 5.69 Å². The highest BCUT2D eigenvalue weighted by Crippen LogP contribution is 2.30. The van der Waals surface area contributed by atoms with Crippen molar-refractivity contribution in [2.45, 2.75) is 11.4 Å². The molecule has 0 aromatic heterocycles. The van der Waals surface area contributed by atoms with Crippen LogP contribution >= 0.6 is 35.0 Å². The van der Waals surface area contributed by atoms with Crippen molar-refractivity contribution in [2.24, 2.45) is 10.7 Å². The van der Waals surface area contributed by atoms with Crippen LogP contribution in [0.25, 0.3) is 0 Å². The van der Waals surface area contributed by atoms with E-state index < -0.39 is 0 Å². The molecule has 1 heterocycles. The van der Waals surface area contributed by atoms with Crippen molar-refractivity contribution in [1.29, 1.82) is 0 Å². The van der Waals surface area contributed by atoms with Crippen LogP contribution in [0.1, 0.15) is 11.1 Å². The standard InChI is InChI=1S/C16H15Cl2N3S/c1-22-11-3-5-15-12(7-11)16(19)20-9-21(15)8-10-2-4-13(17)14(18)6-10/h2-7H,8-9H2,1H3,(H2,19,20). The van der Waals surface area contributed by atoms with Gasteiger partial charge in [0.1, 0.15) is 12.5 Å². The average Bonchev–Trinajstić information content (AvgIpc) is 2.53. The lowest BCUT2D eigenvalue weighted by atomic mass is 10.1. The van der Waals surface area contributed by atoms with Gasteiger partial charge in [0.05, 0.1) is 10.0 Å². The summed E-state index contributed by atoms with van der Waals surface area (Å²) in [4.78, 5) is 7.77. The molecule has 2 N–H and O–H groups in total. The maximum Gasteiger partial charge on any atom is 0.129 e. The van der Waals surface area contributed by atoms with Gasteiger partial charge in [-0.3, -0.25) is 0 Å². The molecule has 22 heavy (non-hydrogen) atoms. The minimum Gasteiger partial charge on any atom is -0.383 e.